The Hall–Kier alpha value is -2.00. The van der Waals surface area contributed by atoms with E-state index in [1.165, 1.54) is 0 Å². The zero-order valence-electron chi connectivity index (χ0n) is 9.05. The number of anilines is 1. The molecule has 0 saturated carbocycles. The quantitative estimate of drug-likeness (QED) is 0.862. The molecule has 0 aliphatic rings. The van der Waals surface area contributed by atoms with E-state index in [0.717, 1.165) is 16.9 Å². The number of alkyl halides is 6. The highest BCUT2D eigenvalue weighted by Crippen LogP contribution is 2.30. The molecule has 2 heterocycles. The number of halogens is 6. The van der Waals surface area contributed by atoms with Gasteiger partial charge in [-0.25, -0.2) is 9.50 Å². The number of hydrogen-bond acceptors (Lipinski definition) is 3. The molecule has 104 valence electrons. The zero-order chi connectivity index (χ0) is 14.3. The topological polar surface area (TPSA) is 42.2 Å². The lowest BCUT2D eigenvalue weighted by atomic mass is 10.3. The van der Waals surface area contributed by atoms with Crippen LogP contribution in [0.1, 0.15) is 5.69 Å². The van der Waals surface area contributed by atoms with Crippen LogP contribution < -0.4 is 5.32 Å². The lowest BCUT2D eigenvalue weighted by molar-refractivity contribution is -0.141. The van der Waals surface area contributed by atoms with Gasteiger partial charge in [0.15, 0.2) is 11.5 Å². The predicted octanol–water partition coefficient (Wildman–Crippen LogP) is 2.72. The largest absolute Gasteiger partial charge is 0.435 e. The first-order valence-electron chi connectivity index (χ1n) is 4.89. The summed E-state index contributed by atoms with van der Waals surface area (Å²) in [5.74, 6) is -0.317. The number of hydrogen-bond donors (Lipinski definition) is 1. The van der Waals surface area contributed by atoms with Gasteiger partial charge in [-0.2, -0.15) is 31.4 Å². The van der Waals surface area contributed by atoms with Crippen LogP contribution in [0.4, 0.5) is 32.2 Å². The molecule has 2 rings (SSSR count). The van der Waals surface area contributed by atoms with Crippen LogP contribution >= 0.6 is 0 Å². The first-order valence-corrected chi connectivity index (χ1v) is 4.89. The Morgan fingerprint density at radius 2 is 1.84 bits per heavy atom. The molecule has 19 heavy (non-hydrogen) atoms. The molecule has 0 aromatic carbocycles. The van der Waals surface area contributed by atoms with Gasteiger partial charge in [0, 0.05) is 18.5 Å². The van der Waals surface area contributed by atoms with Crippen molar-refractivity contribution in [3.05, 3.63) is 24.2 Å². The van der Waals surface area contributed by atoms with Gasteiger partial charge in [-0.1, -0.05) is 0 Å². The fraction of sp³-hybridized carbons (Fsp3) is 0.333. The van der Waals surface area contributed by atoms with Gasteiger partial charge < -0.3 is 5.32 Å². The number of nitrogens with one attached hydrogen (secondary N) is 1. The normalized spacial score (nSPS) is 12.9. The van der Waals surface area contributed by atoms with E-state index < -0.39 is 24.6 Å². The smallest absolute Gasteiger partial charge is 0.359 e. The lowest BCUT2D eigenvalue weighted by Crippen LogP contribution is -2.22. The summed E-state index contributed by atoms with van der Waals surface area (Å²) in [6.45, 7) is -1.40. The van der Waals surface area contributed by atoms with Crippen LogP contribution in [-0.2, 0) is 6.18 Å². The maximum atomic E-state index is 12.4. The number of rotatable bonds is 2. The molecular weight excluding hydrogens is 278 g/mol. The van der Waals surface area contributed by atoms with Crippen molar-refractivity contribution in [2.45, 2.75) is 12.4 Å². The Morgan fingerprint density at radius 1 is 1.16 bits per heavy atom. The summed E-state index contributed by atoms with van der Waals surface area (Å²) >= 11 is 0. The molecule has 2 aromatic heterocycles. The van der Waals surface area contributed by atoms with Crippen LogP contribution in [0, 0.1) is 0 Å². The standard InChI is InChI=1S/C9H6F6N4/c10-8(11,12)4-17-7-5-3-6(9(13,14)15)18-19(5)2-1-16-7/h1-3H,4H2,(H,16,17). The third-order valence-corrected chi connectivity index (χ3v) is 2.14. The summed E-state index contributed by atoms with van der Waals surface area (Å²) in [5.41, 5.74) is -1.38. The highest BCUT2D eigenvalue weighted by Gasteiger charge is 2.34. The summed E-state index contributed by atoms with van der Waals surface area (Å²) in [7, 11) is 0. The minimum atomic E-state index is -4.67. The molecular formula is C9H6F6N4. The van der Waals surface area contributed by atoms with Crippen molar-refractivity contribution < 1.29 is 26.3 Å². The maximum Gasteiger partial charge on any atom is 0.435 e. The molecule has 0 fully saturated rings. The van der Waals surface area contributed by atoms with E-state index in [1.54, 1.807) is 0 Å². The predicted molar refractivity (Wildman–Crippen MR) is 52.5 cm³/mol. The third-order valence-electron chi connectivity index (χ3n) is 2.14. The second-order valence-corrected chi connectivity index (χ2v) is 3.60. The van der Waals surface area contributed by atoms with Crippen LogP contribution in [0.25, 0.3) is 5.52 Å². The molecule has 4 nitrogen and oxygen atoms in total. The lowest BCUT2D eigenvalue weighted by Gasteiger charge is -2.09. The van der Waals surface area contributed by atoms with Crippen LogP contribution in [0.15, 0.2) is 18.5 Å². The van der Waals surface area contributed by atoms with Gasteiger partial charge >= 0.3 is 12.4 Å². The van der Waals surface area contributed by atoms with E-state index >= 15 is 0 Å². The Kier molecular flexibility index (Phi) is 3.03. The summed E-state index contributed by atoms with van der Waals surface area (Å²) in [6.07, 6.45) is -7.00. The molecule has 0 amide bonds. The Bertz CT molecular complexity index is 584. The highest BCUT2D eigenvalue weighted by atomic mass is 19.4. The van der Waals surface area contributed by atoms with Gasteiger partial charge in [-0.3, -0.25) is 0 Å². The molecule has 10 heteroatoms. The number of aromatic nitrogens is 3. The SMILES string of the molecule is FC(F)(F)CNc1nccn2nc(C(F)(F)F)cc12. The van der Waals surface area contributed by atoms with Crippen molar-refractivity contribution in [2.24, 2.45) is 0 Å². The molecule has 0 radical (unpaired) electrons. The Morgan fingerprint density at radius 3 is 2.42 bits per heavy atom. The van der Waals surface area contributed by atoms with Crippen LogP contribution in [0.2, 0.25) is 0 Å². The van der Waals surface area contributed by atoms with Gasteiger partial charge in [0.05, 0.1) is 0 Å². The molecule has 0 aliphatic carbocycles. The first kappa shape index (κ1) is 13.4. The van der Waals surface area contributed by atoms with Gasteiger partial charge in [-0.05, 0) is 0 Å². The third kappa shape index (κ3) is 3.06. The first-order chi connectivity index (χ1) is 8.67. The maximum absolute atomic E-state index is 12.4. The van der Waals surface area contributed by atoms with Crippen molar-refractivity contribution >= 4 is 11.3 Å². The van der Waals surface area contributed by atoms with Gasteiger partial charge in [0.1, 0.15) is 12.1 Å². The minimum absolute atomic E-state index is 0.181. The Balaban J connectivity index is 2.37. The molecule has 0 spiro atoms. The number of fused-ring (bicyclic) bond motifs is 1. The second kappa shape index (κ2) is 4.28. The molecule has 0 atom stereocenters. The van der Waals surface area contributed by atoms with E-state index in [1.807, 2.05) is 5.32 Å². The van der Waals surface area contributed by atoms with Crippen molar-refractivity contribution in [1.29, 1.82) is 0 Å². The number of nitrogens with zero attached hydrogens (tertiary/aromatic N) is 3. The van der Waals surface area contributed by atoms with E-state index in [2.05, 4.69) is 10.1 Å². The summed E-state index contributed by atoms with van der Waals surface area (Å²) in [4.78, 5) is 3.57. The average Bonchev–Trinajstić information content (AvgIpc) is 2.68. The molecule has 1 N–H and O–H groups in total. The fourth-order valence-electron chi connectivity index (χ4n) is 1.38. The van der Waals surface area contributed by atoms with Crippen molar-refractivity contribution in [3.8, 4) is 0 Å². The van der Waals surface area contributed by atoms with Gasteiger partial charge in [0.2, 0.25) is 0 Å². The van der Waals surface area contributed by atoms with Crippen LogP contribution in [-0.4, -0.2) is 27.3 Å². The molecule has 0 unspecified atom stereocenters. The monoisotopic (exact) mass is 284 g/mol. The van der Waals surface area contributed by atoms with Crippen molar-refractivity contribution in [1.82, 2.24) is 14.6 Å². The van der Waals surface area contributed by atoms with Crippen molar-refractivity contribution in [2.75, 3.05) is 11.9 Å². The highest BCUT2D eigenvalue weighted by molar-refractivity contribution is 5.67. The van der Waals surface area contributed by atoms with E-state index in [0.29, 0.717) is 6.07 Å². The Labute approximate surface area is 102 Å². The molecule has 0 bridgehead atoms. The van der Waals surface area contributed by atoms with E-state index in [9.17, 15) is 26.3 Å². The molecule has 0 aliphatic heterocycles. The van der Waals surface area contributed by atoms with Gasteiger partial charge in [0.25, 0.3) is 0 Å². The van der Waals surface area contributed by atoms with Crippen LogP contribution in [0.5, 0.6) is 0 Å². The summed E-state index contributed by atoms with van der Waals surface area (Å²) in [5, 5.41) is 5.15. The average molecular weight is 284 g/mol. The van der Waals surface area contributed by atoms with Crippen molar-refractivity contribution in [3.63, 3.8) is 0 Å². The second-order valence-electron chi connectivity index (χ2n) is 3.60. The van der Waals surface area contributed by atoms with Gasteiger partial charge in [-0.15, -0.1) is 0 Å². The molecule has 2 aromatic rings. The zero-order valence-corrected chi connectivity index (χ0v) is 9.05. The summed E-state index contributed by atoms with van der Waals surface area (Å²) < 4.78 is 74.3. The minimum Gasteiger partial charge on any atom is -0.359 e. The fourth-order valence-corrected chi connectivity index (χ4v) is 1.38. The molecule has 0 saturated heterocycles. The van der Waals surface area contributed by atoms with E-state index in [4.69, 9.17) is 0 Å². The van der Waals surface area contributed by atoms with E-state index in [-0.39, 0.29) is 11.3 Å². The summed E-state index contributed by atoms with van der Waals surface area (Å²) in [6, 6.07) is 0.631. The van der Waals surface area contributed by atoms with Crippen LogP contribution in [0.3, 0.4) is 0 Å².